The molecule has 0 N–H and O–H groups in total. The molecule has 1 aliphatic rings. The first-order chi connectivity index (χ1) is 20.5. The summed E-state index contributed by atoms with van der Waals surface area (Å²) in [6, 6.07) is 15.8. The lowest BCUT2D eigenvalue weighted by molar-refractivity contribution is 0.170. The Morgan fingerprint density at radius 3 is 1.48 bits per heavy atom. The van der Waals surface area contributed by atoms with Gasteiger partial charge in [-0.25, -0.2) is 0 Å². The fourth-order valence-corrected chi connectivity index (χ4v) is 6.70. The van der Waals surface area contributed by atoms with Crippen LogP contribution in [0.3, 0.4) is 0 Å². The molecule has 222 valence electrons. The van der Waals surface area contributed by atoms with Gasteiger partial charge in [0, 0.05) is 30.0 Å². The zero-order chi connectivity index (χ0) is 29.8. The van der Waals surface area contributed by atoms with Crippen molar-refractivity contribution < 1.29 is 37.9 Å². The van der Waals surface area contributed by atoms with Gasteiger partial charge in [0.2, 0.25) is 11.5 Å². The van der Waals surface area contributed by atoms with Crippen LogP contribution in [0.25, 0.3) is 10.4 Å². The standard InChI is InChI=1S/C31H33NO8S2/c1-33-22-14-20(15-23(34-2)26(22)37-5)32(21-16-24(35-3)27(38-6)25(17-21)36-4)19-10-8-18(9-11-19)30-28-29(31(41-7)42-30)40-13-12-39-28/h8-11,14-17H,12-13H2,1-7H3. The van der Waals surface area contributed by atoms with Gasteiger partial charge in [-0.15, -0.1) is 23.1 Å². The Balaban J connectivity index is 1.68. The van der Waals surface area contributed by atoms with Gasteiger partial charge < -0.3 is 42.8 Å². The Morgan fingerprint density at radius 1 is 0.619 bits per heavy atom. The summed E-state index contributed by atoms with van der Waals surface area (Å²) in [4.78, 5) is 3.09. The second-order valence-electron chi connectivity index (χ2n) is 8.93. The molecule has 3 aromatic carbocycles. The molecule has 2 heterocycles. The Kier molecular flexibility index (Phi) is 8.98. The number of benzene rings is 3. The van der Waals surface area contributed by atoms with E-state index in [0.717, 1.165) is 43.2 Å². The van der Waals surface area contributed by atoms with Gasteiger partial charge in [-0.2, -0.15) is 0 Å². The van der Waals surface area contributed by atoms with Crippen LogP contribution < -0.4 is 42.8 Å². The number of ether oxygens (including phenoxy) is 8. The van der Waals surface area contributed by atoms with Crippen LogP contribution in [0.1, 0.15) is 0 Å². The van der Waals surface area contributed by atoms with Gasteiger partial charge in [-0.3, -0.25) is 0 Å². The Morgan fingerprint density at radius 2 is 1.07 bits per heavy atom. The lowest BCUT2D eigenvalue weighted by atomic mass is 10.1. The Hall–Kier alpha value is -4.09. The van der Waals surface area contributed by atoms with Gasteiger partial charge in [0.25, 0.3) is 0 Å². The SMILES string of the molecule is COc1cc(N(c2ccc(-c3sc(SC)c4c3OCCO4)cc2)c2cc(OC)c(OC)c(OC)c2)cc(OC)c1OC. The fraction of sp³-hybridized carbons (Fsp3) is 0.290. The number of thioether (sulfide) groups is 1. The summed E-state index contributed by atoms with van der Waals surface area (Å²) in [6.45, 7) is 1.08. The highest BCUT2D eigenvalue weighted by Gasteiger charge is 2.26. The molecule has 0 atom stereocenters. The van der Waals surface area contributed by atoms with Crippen LogP contribution in [0.4, 0.5) is 17.1 Å². The minimum absolute atomic E-state index is 0.498. The van der Waals surface area contributed by atoms with Crippen molar-refractivity contribution in [3.8, 4) is 56.4 Å². The highest BCUT2D eigenvalue weighted by molar-refractivity contribution is 8.00. The van der Waals surface area contributed by atoms with E-state index in [-0.39, 0.29) is 0 Å². The molecule has 42 heavy (non-hydrogen) atoms. The zero-order valence-electron chi connectivity index (χ0n) is 24.6. The average molecular weight is 612 g/mol. The quantitative estimate of drug-likeness (QED) is 0.160. The van der Waals surface area contributed by atoms with Crippen molar-refractivity contribution in [3.05, 3.63) is 48.5 Å². The van der Waals surface area contributed by atoms with Crippen LogP contribution in [0.15, 0.2) is 52.7 Å². The second kappa shape index (κ2) is 12.8. The molecule has 0 aliphatic carbocycles. The molecular formula is C31H33NO8S2. The van der Waals surface area contributed by atoms with Crippen LogP contribution >= 0.6 is 23.1 Å². The number of nitrogens with zero attached hydrogens (tertiary/aromatic N) is 1. The molecule has 0 fully saturated rings. The minimum atomic E-state index is 0.498. The number of methoxy groups -OCH3 is 6. The van der Waals surface area contributed by atoms with Crippen molar-refractivity contribution in [3.63, 3.8) is 0 Å². The number of fused-ring (bicyclic) bond motifs is 1. The smallest absolute Gasteiger partial charge is 0.203 e. The minimum Gasteiger partial charge on any atom is -0.493 e. The topological polar surface area (TPSA) is 77.1 Å². The van der Waals surface area contributed by atoms with Crippen molar-refractivity contribution in [2.45, 2.75) is 4.21 Å². The summed E-state index contributed by atoms with van der Waals surface area (Å²) in [7, 11) is 9.53. The van der Waals surface area contributed by atoms with Gasteiger partial charge in [-0.1, -0.05) is 12.1 Å². The van der Waals surface area contributed by atoms with Gasteiger partial charge in [0.1, 0.15) is 17.4 Å². The van der Waals surface area contributed by atoms with E-state index in [2.05, 4.69) is 29.2 Å². The maximum Gasteiger partial charge on any atom is 0.203 e. The monoisotopic (exact) mass is 611 g/mol. The summed E-state index contributed by atoms with van der Waals surface area (Å²) in [5, 5.41) is 0. The molecule has 0 unspecified atom stereocenters. The first-order valence-corrected chi connectivity index (χ1v) is 15.0. The van der Waals surface area contributed by atoms with E-state index < -0.39 is 0 Å². The predicted molar refractivity (Wildman–Crippen MR) is 167 cm³/mol. The maximum absolute atomic E-state index is 6.04. The normalized spacial score (nSPS) is 12.0. The third-order valence-corrected chi connectivity index (χ3v) is 9.06. The molecule has 0 bridgehead atoms. The molecule has 0 saturated carbocycles. The number of hydrogen-bond donors (Lipinski definition) is 0. The first-order valence-electron chi connectivity index (χ1n) is 13.0. The van der Waals surface area contributed by atoms with Crippen LogP contribution in [0.5, 0.6) is 46.0 Å². The Bertz CT molecular complexity index is 1440. The van der Waals surface area contributed by atoms with E-state index >= 15 is 0 Å². The van der Waals surface area contributed by atoms with E-state index in [1.54, 1.807) is 65.8 Å². The van der Waals surface area contributed by atoms with E-state index in [1.165, 1.54) is 0 Å². The van der Waals surface area contributed by atoms with Crippen molar-refractivity contribution in [1.29, 1.82) is 0 Å². The van der Waals surface area contributed by atoms with Crippen LogP contribution in [0, 0.1) is 0 Å². The lowest BCUT2D eigenvalue weighted by Gasteiger charge is -2.28. The third kappa shape index (κ3) is 5.30. The van der Waals surface area contributed by atoms with Crippen LogP contribution in [-0.2, 0) is 0 Å². The molecule has 4 aromatic rings. The summed E-state index contributed by atoms with van der Waals surface area (Å²) < 4.78 is 47.0. The molecule has 0 spiro atoms. The van der Waals surface area contributed by atoms with E-state index in [4.69, 9.17) is 37.9 Å². The largest absolute Gasteiger partial charge is 0.493 e. The number of thiophene rings is 1. The summed E-state index contributed by atoms with van der Waals surface area (Å²) in [6.07, 6.45) is 2.05. The van der Waals surface area contributed by atoms with Crippen LogP contribution in [-0.4, -0.2) is 62.1 Å². The fourth-order valence-electron chi connectivity index (χ4n) is 4.85. The summed E-state index contributed by atoms with van der Waals surface area (Å²) in [5.41, 5.74) is 3.43. The molecule has 1 aromatic heterocycles. The molecule has 1 aliphatic heterocycles. The summed E-state index contributed by atoms with van der Waals surface area (Å²) in [5.74, 6) is 4.71. The molecule has 0 saturated heterocycles. The molecule has 0 radical (unpaired) electrons. The highest BCUT2D eigenvalue weighted by atomic mass is 32.2. The first kappa shape index (κ1) is 29.4. The van der Waals surface area contributed by atoms with E-state index in [0.29, 0.717) is 47.7 Å². The van der Waals surface area contributed by atoms with Gasteiger partial charge >= 0.3 is 0 Å². The molecule has 0 amide bonds. The molecule has 5 rings (SSSR count). The van der Waals surface area contributed by atoms with Crippen molar-refractivity contribution in [2.24, 2.45) is 0 Å². The molecule has 9 nitrogen and oxygen atoms in total. The lowest BCUT2D eigenvalue weighted by Crippen LogP contribution is -2.14. The third-order valence-electron chi connectivity index (χ3n) is 6.76. The number of hydrogen-bond acceptors (Lipinski definition) is 11. The second-order valence-corrected chi connectivity index (χ2v) is 11.0. The predicted octanol–water partition coefficient (Wildman–Crippen LogP) is 7.43. The van der Waals surface area contributed by atoms with Crippen molar-refractivity contribution >= 4 is 40.2 Å². The zero-order valence-corrected chi connectivity index (χ0v) is 26.2. The highest BCUT2D eigenvalue weighted by Crippen LogP contribution is 2.53. The van der Waals surface area contributed by atoms with Crippen molar-refractivity contribution in [1.82, 2.24) is 0 Å². The van der Waals surface area contributed by atoms with Crippen molar-refractivity contribution in [2.75, 3.05) is 67.0 Å². The Labute approximate surface area is 253 Å². The van der Waals surface area contributed by atoms with Gasteiger partial charge in [-0.05, 0) is 24.0 Å². The molecular weight excluding hydrogens is 578 g/mol. The van der Waals surface area contributed by atoms with E-state index in [9.17, 15) is 0 Å². The number of rotatable bonds is 11. The maximum atomic E-state index is 6.04. The summed E-state index contributed by atoms with van der Waals surface area (Å²) >= 11 is 3.33. The van der Waals surface area contributed by atoms with Gasteiger partial charge in [0.15, 0.2) is 34.5 Å². The van der Waals surface area contributed by atoms with E-state index in [1.807, 2.05) is 30.5 Å². The number of anilines is 3. The molecule has 11 heteroatoms. The van der Waals surface area contributed by atoms with Crippen LogP contribution in [0.2, 0.25) is 0 Å². The average Bonchev–Trinajstić information content (AvgIpc) is 3.43. The van der Waals surface area contributed by atoms with Gasteiger partial charge in [0.05, 0.1) is 58.9 Å².